The zero-order valence-electron chi connectivity index (χ0n) is 16.7. The first-order valence-electron chi connectivity index (χ1n) is 10.1. The number of likely N-dealkylation sites (N-methyl/N-ethyl adjacent to an activating group) is 1. The molecule has 148 valence electrons. The largest absolute Gasteiger partial charge is 0.480 e. The maximum Gasteiger partial charge on any atom is 0.320 e. The SMILES string of the molecule is CCCCCCCCCCCC(=O)NCCCC[C@@H](C(=O)O)N(C)C. The molecule has 0 rings (SSSR count). The van der Waals surface area contributed by atoms with E-state index in [1.807, 2.05) is 0 Å². The summed E-state index contributed by atoms with van der Waals surface area (Å²) in [4.78, 5) is 24.5. The second-order valence-electron chi connectivity index (χ2n) is 7.24. The van der Waals surface area contributed by atoms with Gasteiger partial charge in [-0.25, -0.2) is 0 Å². The Morgan fingerprint density at radius 2 is 1.44 bits per heavy atom. The van der Waals surface area contributed by atoms with Crippen LogP contribution in [-0.2, 0) is 9.59 Å². The van der Waals surface area contributed by atoms with E-state index < -0.39 is 12.0 Å². The summed E-state index contributed by atoms with van der Waals surface area (Å²) in [5.74, 6) is -0.648. The topological polar surface area (TPSA) is 69.6 Å². The average Bonchev–Trinajstić information content (AvgIpc) is 2.55. The quantitative estimate of drug-likeness (QED) is 0.383. The molecule has 0 aromatic carbocycles. The summed E-state index contributed by atoms with van der Waals surface area (Å²) >= 11 is 0. The molecule has 0 aliphatic carbocycles. The normalized spacial score (nSPS) is 12.3. The van der Waals surface area contributed by atoms with E-state index in [4.69, 9.17) is 5.11 Å². The molecule has 0 aromatic rings. The van der Waals surface area contributed by atoms with Gasteiger partial charge in [-0.15, -0.1) is 0 Å². The Labute approximate surface area is 154 Å². The molecule has 0 aliphatic heterocycles. The first-order valence-corrected chi connectivity index (χ1v) is 10.1. The maximum absolute atomic E-state index is 11.8. The highest BCUT2D eigenvalue weighted by Crippen LogP contribution is 2.10. The summed E-state index contributed by atoms with van der Waals surface area (Å²) in [6, 6.07) is -0.433. The Balaban J connectivity index is 3.43. The van der Waals surface area contributed by atoms with Crippen LogP contribution >= 0.6 is 0 Å². The molecule has 0 saturated carbocycles. The summed E-state index contributed by atoms with van der Waals surface area (Å²) in [5.41, 5.74) is 0. The molecule has 5 nitrogen and oxygen atoms in total. The number of hydrogen-bond acceptors (Lipinski definition) is 3. The molecule has 0 aromatic heterocycles. The first kappa shape index (κ1) is 23.9. The lowest BCUT2D eigenvalue weighted by atomic mass is 10.1. The Morgan fingerprint density at radius 3 is 1.96 bits per heavy atom. The second kappa shape index (κ2) is 16.4. The van der Waals surface area contributed by atoms with Crippen molar-refractivity contribution in [1.82, 2.24) is 10.2 Å². The number of aliphatic carboxylic acids is 1. The molecule has 0 fully saturated rings. The zero-order chi connectivity index (χ0) is 18.9. The Kier molecular flexibility index (Phi) is 15.7. The van der Waals surface area contributed by atoms with E-state index in [1.54, 1.807) is 19.0 Å². The van der Waals surface area contributed by atoms with Crippen molar-refractivity contribution in [1.29, 1.82) is 0 Å². The predicted molar refractivity (Wildman–Crippen MR) is 104 cm³/mol. The number of carboxylic acid groups (broad SMARTS) is 1. The summed E-state index contributed by atoms with van der Waals surface area (Å²) in [6.07, 6.45) is 14.2. The molecular formula is C20H40N2O3. The maximum atomic E-state index is 11.8. The molecule has 1 amide bonds. The van der Waals surface area contributed by atoms with Crippen molar-refractivity contribution in [3.05, 3.63) is 0 Å². The van der Waals surface area contributed by atoms with Crippen molar-refractivity contribution in [2.24, 2.45) is 0 Å². The number of amides is 1. The number of carbonyl (C=O) groups excluding carboxylic acids is 1. The van der Waals surface area contributed by atoms with E-state index in [-0.39, 0.29) is 5.91 Å². The third-order valence-electron chi connectivity index (χ3n) is 4.64. The highest BCUT2D eigenvalue weighted by molar-refractivity contribution is 5.75. The van der Waals surface area contributed by atoms with Crippen LogP contribution in [0.25, 0.3) is 0 Å². The van der Waals surface area contributed by atoms with Gasteiger partial charge in [0.2, 0.25) is 5.91 Å². The number of carbonyl (C=O) groups is 2. The Morgan fingerprint density at radius 1 is 0.880 bits per heavy atom. The summed E-state index contributed by atoms with van der Waals surface area (Å²) < 4.78 is 0. The van der Waals surface area contributed by atoms with Crippen molar-refractivity contribution >= 4 is 11.9 Å². The highest BCUT2D eigenvalue weighted by Gasteiger charge is 2.18. The van der Waals surface area contributed by atoms with Gasteiger partial charge >= 0.3 is 5.97 Å². The molecule has 0 heterocycles. The highest BCUT2D eigenvalue weighted by atomic mass is 16.4. The standard InChI is InChI=1S/C20H40N2O3/c1-4-5-6-7-8-9-10-11-12-16-19(23)21-17-14-13-15-18(20(24)25)22(2)3/h18H,4-17H2,1-3H3,(H,21,23)(H,24,25)/t18-/m0/s1. The number of carboxylic acids is 1. The molecule has 0 saturated heterocycles. The van der Waals surface area contributed by atoms with E-state index in [0.717, 1.165) is 25.7 Å². The number of nitrogens with zero attached hydrogens (tertiary/aromatic N) is 1. The first-order chi connectivity index (χ1) is 12.0. The zero-order valence-corrected chi connectivity index (χ0v) is 16.7. The van der Waals surface area contributed by atoms with Gasteiger partial charge in [-0.1, -0.05) is 58.3 Å². The van der Waals surface area contributed by atoms with Crippen LogP contribution < -0.4 is 5.32 Å². The minimum Gasteiger partial charge on any atom is -0.480 e. The summed E-state index contributed by atoms with van der Waals surface area (Å²) in [7, 11) is 3.57. The van der Waals surface area contributed by atoms with Crippen LogP contribution in [0.15, 0.2) is 0 Å². The monoisotopic (exact) mass is 356 g/mol. The van der Waals surface area contributed by atoms with Crippen LogP contribution in [0.4, 0.5) is 0 Å². The minimum atomic E-state index is -0.778. The van der Waals surface area contributed by atoms with Crippen LogP contribution in [0.1, 0.15) is 90.4 Å². The van der Waals surface area contributed by atoms with Gasteiger partial charge in [0.25, 0.3) is 0 Å². The molecule has 0 bridgehead atoms. The average molecular weight is 357 g/mol. The van der Waals surface area contributed by atoms with E-state index in [9.17, 15) is 9.59 Å². The van der Waals surface area contributed by atoms with E-state index in [0.29, 0.717) is 19.4 Å². The molecule has 25 heavy (non-hydrogen) atoms. The van der Waals surface area contributed by atoms with Crippen LogP contribution in [0.2, 0.25) is 0 Å². The van der Waals surface area contributed by atoms with Crippen LogP contribution in [0.3, 0.4) is 0 Å². The molecule has 0 aliphatic rings. The fourth-order valence-electron chi connectivity index (χ4n) is 2.98. The van der Waals surface area contributed by atoms with Gasteiger partial charge in [-0.3, -0.25) is 14.5 Å². The second-order valence-corrected chi connectivity index (χ2v) is 7.24. The van der Waals surface area contributed by atoms with E-state index in [2.05, 4.69) is 12.2 Å². The van der Waals surface area contributed by atoms with Crippen LogP contribution in [0, 0.1) is 0 Å². The lowest BCUT2D eigenvalue weighted by molar-refractivity contribution is -0.142. The summed E-state index contributed by atoms with van der Waals surface area (Å²) in [6.45, 7) is 2.89. The van der Waals surface area contributed by atoms with E-state index in [1.165, 1.54) is 44.9 Å². The van der Waals surface area contributed by atoms with Crippen molar-refractivity contribution in [3.63, 3.8) is 0 Å². The van der Waals surface area contributed by atoms with E-state index >= 15 is 0 Å². The van der Waals surface area contributed by atoms with Crippen molar-refractivity contribution in [2.45, 2.75) is 96.4 Å². The number of nitrogens with one attached hydrogen (secondary N) is 1. The molecule has 5 heteroatoms. The van der Waals surface area contributed by atoms with Gasteiger partial charge in [0, 0.05) is 13.0 Å². The van der Waals surface area contributed by atoms with Crippen LogP contribution in [-0.4, -0.2) is 48.6 Å². The van der Waals surface area contributed by atoms with Gasteiger partial charge in [0.05, 0.1) is 0 Å². The number of hydrogen-bond donors (Lipinski definition) is 2. The molecule has 2 N–H and O–H groups in total. The van der Waals surface area contributed by atoms with Crippen molar-refractivity contribution < 1.29 is 14.7 Å². The van der Waals surface area contributed by atoms with Gasteiger partial charge in [0.15, 0.2) is 0 Å². The smallest absolute Gasteiger partial charge is 0.320 e. The third-order valence-corrected chi connectivity index (χ3v) is 4.64. The third kappa shape index (κ3) is 14.9. The lowest BCUT2D eigenvalue weighted by Crippen LogP contribution is -2.35. The van der Waals surface area contributed by atoms with Gasteiger partial charge in [-0.2, -0.15) is 0 Å². The Bertz CT molecular complexity index is 346. The molecular weight excluding hydrogens is 316 g/mol. The van der Waals surface area contributed by atoms with Crippen molar-refractivity contribution in [2.75, 3.05) is 20.6 Å². The fourth-order valence-corrected chi connectivity index (χ4v) is 2.98. The number of unbranched alkanes of at least 4 members (excludes halogenated alkanes) is 9. The van der Waals surface area contributed by atoms with Gasteiger partial charge in [-0.05, 0) is 39.8 Å². The molecule has 0 unspecified atom stereocenters. The van der Waals surface area contributed by atoms with Crippen LogP contribution in [0.5, 0.6) is 0 Å². The molecule has 0 spiro atoms. The van der Waals surface area contributed by atoms with Gasteiger partial charge < -0.3 is 10.4 Å². The summed E-state index contributed by atoms with van der Waals surface area (Å²) in [5, 5.41) is 12.0. The molecule has 0 radical (unpaired) electrons. The van der Waals surface area contributed by atoms with Crippen molar-refractivity contribution in [3.8, 4) is 0 Å². The van der Waals surface area contributed by atoms with Gasteiger partial charge in [0.1, 0.15) is 6.04 Å². The number of rotatable bonds is 17. The lowest BCUT2D eigenvalue weighted by Gasteiger charge is -2.19. The Hall–Kier alpha value is -1.10. The predicted octanol–water partition coefficient (Wildman–Crippen LogP) is 4.21. The minimum absolute atomic E-state index is 0.130. The molecule has 1 atom stereocenters. The fraction of sp³-hybridized carbons (Fsp3) is 0.900.